The molecule has 0 spiro atoms. The van der Waals surface area contributed by atoms with E-state index in [-0.39, 0.29) is 0 Å². The van der Waals surface area contributed by atoms with Gasteiger partial charge in [0.15, 0.2) is 10.7 Å². The number of alkyl halides is 2. The Kier molecular flexibility index (Phi) is 3.85. The fourth-order valence-corrected chi connectivity index (χ4v) is 1.78. The van der Waals surface area contributed by atoms with Crippen molar-refractivity contribution in [2.45, 2.75) is 11.5 Å². The van der Waals surface area contributed by atoms with Gasteiger partial charge in [-0.1, -0.05) is 0 Å². The van der Waals surface area contributed by atoms with Crippen LogP contribution in [0.3, 0.4) is 0 Å². The standard InChI is InChI=1S/C8H5ClF2N2O3S/c1-16-5-2-6(17(9,14)15)13-4(3-12)7(5)8(10)11/h2,8H,1H3. The lowest BCUT2D eigenvalue weighted by atomic mass is 10.2. The first-order valence-electron chi connectivity index (χ1n) is 4.03. The van der Waals surface area contributed by atoms with Crippen molar-refractivity contribution in [1.29, 1.82) is 5.26 Å². The molecule has 92 valence electrons. The van der Waals surface area contributed by atoms with Gasteiger partial charge in [-0.3, -0.25) is 0 Å². The molecule has 0 aliphatic carbocycles. The Morgan fingerprint density at radius 3 is 2.53 bits per heavy atom. The van der Waals surface area contributed by atoms with Gasteiger partial charge in [-0.15, -0.1) is 0 Å². The lowest BCUT2D eigenvalue weighted by Crippen LogP contribution is -2.04. The number of rotatable bonds is 3. The average Bonchev–Trinajstić information content (AvgIpc) is 2.25. The van der Waals surface area contributed by atoms with Crippen molar-refractivity contribution in [3.63, 3.8) is 0 Å². The SMILES string of the molecule is COc1cc(S(=O)(=O)Cl)nc(C#N)c1C(F)F. The summed E-state index contributed by atoms with van der Waals surface area (Å²) < 4.78 is 51.9. The van der Waals surface area contributed by atoms with E-state index in [4.69, 9.17) is 15.9 Å². The maximum absolute atomic E-state index is 12.6. The highest BCUT2D eigenvalue weighted by Crippen LogP contribution is 2.33. The Morgan fingerprint density at radius 2 is 2.18 bits per heavy atom. The molecule has 0 aliphatic heterocycles. The Bertz CT molecular complexity index is 583. The van der Waals surface area contributed by atoms with Crippen LogP contribution in [0, 0.1) is 11.3 Å². The van der Waals surface area contributed by atoms with Crippen LogP contribution in [-0.4, -0.2) is 20.5 Å². The molecule has 1 aromatic heterocycles. The highest BCUT2D eigenvalue weighted by molar-refractivity contribution is 8.13. The molecule has 0 radical (unpaired) electrons. The summed E-state index contributed by atoms with van der Waals surface area (Å²) in [6, 6.07) is 2.11. The summed E-state index contributed by atoms with van der Waals surface area (Å²) in [6.07, 6.45) is -3.01. The smallest absolute Gasteiger partial charge is 0.278 e. The van der Waals surface area contributed by atoms with Crippen molar-refractivity contribution in [3.05, 3.63) is 17.3 Å². The van der Waals surface area contributed by atoms with Crippen LogP contribution < -0.4 is 4.74 Å². The van der Waals surface area contributed by atoms with Gasteiger partial charge in [0, 0.05) is 16.7 Å². The van der Waals surface area contributed by atoms with Gasteiger partial charge in [-0.2, -0.15) is 5.26 Å². The summed E-state index contributed by atoms with van der Waals surface area (Å²) in [5.74, 6) is -0.453. The molecule has 0 unspecified atom stereocenters. The second-order valence-corrected chi connectivity index (χ2v) is 5.29. The number of nitriles is 1. The van der Waals surface area contributed by atoms with Crippen molar-refractivity contribution in [3.8, 4) is 11.8 Å². The summed E-state index contributed by atoms with van der Waals surface area (Å²) in [5.41, 5.74) is -1.50. The number of hydrogen-bond donors (Lipinski definition) is 0. The predicted molar refractivity (Wildman–Crippen MR) is 53.5 cm³/mol. The van der Waals surface area contributed by atoms with Crippen LogP contribution in [0.25, 0.3) is 0 Å². The zero-order valence-corrected chi connectivity index (χ0v) is 9.89. The van der Waals surface area contributed by atoms with Crippen LogP contribution in [0.4, 0.5) is 8.78 Å². The van der Waals surface area contributed by atoms with Crippen LogP contribution in [0.5, 0.6) is 5.75 Å². The third kappa shape index (κ3) is 2.81. The van der Waals surface area contributed by atoms with Crippen LogP contribution in [0.1, 0.15) is 17.7 Å². The number of ether oxygens (including phenoxy) is 1. The molecule has 0 amide bonds. The Morgan fingerprint density at radius 1 is 1.59 bits per heavy atom. The van der Waals surface area contributed by atoms with Gasteiger partial charge in [0.2, 0.25) is 0 Å². The van der Waals surface area contributed by atoms with Gasteiger partial charge in [0.1, 0.15) is 11.8 Å². The molecule has 0 fully saturated rings. The molecule has 0 aliphatic rings. The van der Waals surface area contributed by atoms with Gasteiger partial charge >= 0.3 is 0 Å². The quantitative estimate of drug-likeness (QED) is 0.790. The van der Waals surface area contributed by atoms with Gasteiger partial charge in [0.25, 0.3) is 15.5 Å². The van der Waals surface area contributed by atoms with E-state index in [0.29, 0.717) is 0 Å². The lowest BCUT2D eigenvalue weighted by Gasteiger charge is -2.09. The van der Waals surface area contributed by atoms with E-state index in [1.54, 1.807) is 0 Å². The highest BCUT2D eigenvalue weighted by atomic mass is 35.7. The van der Waals surface area contributed by atoms with Crippen molar-refractivity contribution in [1.82, 2.24) is 4.98 Å². The molecule has 0 N–H and O–H groups in total. The van der Waals surface area contributed by atoms with Crippen molar-refractivity contribution >= 4 is 19.7 Å². The van der Waals surface area contributed by atoms with Crippen molar-refractivity contribution < 1.29 is 21.9 Å². The molecule has 0 saturated heterocycles. The average molecular weight is 283 g/mol. The van der Waals surface area contributed by atoms with E-state index >= 15 is 0 Å². The summed E-state index contributed by atoms with van der Waals surface area (Å²) >= 11 is 0. The largest absolute Gasteiger partial charge is 0.496 e. The fraction of sp³-hybridized carbons (Fsp3) is 0.250. The zero-order chi connectivity index (χ0) is 13.2. The molecule has 5 nitrogen and oxygen atoms in total. The highest BCUT2D eigenvalue weighted by Gasteiger charge is 2.25. The Labute approximate surface area is 100 Å². The minimum Gasteiger partial charge on any atom is -0.496 e. The molecule has 0 aromatic carbocycles. The third-order valence-corrected chi connectivity index (χ3v) is 2.97. The first kappa shape index (κ1) is 13.6. The second kappa shape index (κ2) is 4.81. The van der Waals surface area contributed by atoms with Crippen LogP contribution in [0.2, 0.25) is 0 Å². The molecule has 0 atom stereocenters. The molecule has 1 heterocycles. The second-order valence-electron chi connectivity index (χ2n) is 2.78. The van der Waals surface area contributed by atoms with Crippen LogP contribution in [0.15, 0.2) is 11.1 Å². The number of hydrogen-bond acceptors (Lipinski definition) is 5. The van der Waals surface area contributed by atoms with Crippen molar-refractivity contribution in [2.24, 2.45) is 0 Å². The summed E-state index contributed by atoms with van der Waals surface area (Å²) in [5, 5.41) is 7.93. The minimum absolute atomic E-state index is 0.453. The first-order valence-corrected chi connectivity index (χ1v) is 6.34. The molecule has 1 rings (SSSR count). The molecule has 0 bridgehead atoms. The van der Waals surface area contributed by atoms with E-state index in [0.717, 1.165) is 13.2 Å². The molecular formula is C8H5ClF2N2O3S. The van der Waals surface area contributed by atoms with Crippen LogP contribution in [-0.2, 0) is 9.05 Å². The summed E-state index contributed by atoms with van der Waals surface area (Å²) in [7, 11) is 1.84. The molecule has 17 heavy (non-hydrogen) atoms. The number of nitrogens with zero attached hydrogens (tertiary/aromatic N) is 2. The maximum Gasteiger partial charge on any atom is 0.278 e. The van der Waals surface area contributed by atoms with E-state index in [1.165, 1.54) is 6.07 Å². The molecule has 1 aromatic rings. The number of aromatic nitrogens is 1. The van der Waals surface area contributed by atoms with Crippen LogP contribution >= 0.6 is 10.7 Å². The van der Waals surface area contributed by atoms with Gasteiger partial charge < -0.3 is 4.74 Å². The van der Waals surface area contributed by atoms with Gasteiger partial charge in [-0.05, 0) is 0 Å². The molecule has 9 heteroatoms. The summed E-state index contributed by atoms with van der Waals surface area (Å²) in [4.78, 5) is 3.25. The van der Waals surface area contributed by atoms with E-state index < -0.39 is 37.5 Å². The lowest BCUT2D eigenvalue weighted by molar-refractivity contribution is 0.146. The predicted octanol–water partition coefficient (Wildman–Crippen LogP) is 1.83. The minimum atomic E-state index is -4.23. The molecule has 0 saturated carbocycles. The third-order valence-electron chi connectivity index (χ3n) is 1.79. The van der Waals surface area contributed by atoms with Crippen molar-refractivity contribution in [2.75, 3.05) is 7.11 Å². The van der Waals surface area contributed by atoms with Gasteiger partial charge in [-0.25, -0.2) is 22.2 Å². The normalized spacial score (nSPS) is 11.3. The van der Waals surface area contributed by atoms with Gasteiger partial charge in [0.05, 0.1) is 12.7 Å². The zero-order valence-electron chi connectivity index (χ0n) is 8.32. The van der Waals surface area contributed by atoms with E-state index in [1.807, 2.05) is 0 Å². The monoisotopic (exact) mass is 282 g/mol. The topological polar surface area (TPSA) is 80.1 Å². The Balaban J connectivity index is 3.63. The summed E-state index contributed by atoms with van der Waals surface area (Å²) in [6.45, 7) is 0. The maximum atomic E-state index is 12.6. The Hall–Kier alpha value is -1.46. The number of methoxy groups -OCH3 is 1. The fourth-order valence-electron chi connectivity index (χ4n) is 1.10. The first-order chi connectivity index (χ1) is 7.81. The number of pyridine rings is 1. The van der Waals surface area contributed by atoms with E-state index in [9.17, 15) is 17.2 Å². The molecular weight excluding hydrogens is 278 g/mol. The van der Waals surface area contributed by atoms with E-state index in [2.05, 4.69) is 9.72 Å². The number of halogens is 3.